The van der Waals surface area contributed by atoms with E-state index >= 15 is 4.39 Å². The van der Waals surface area contributed by atoms with Gasteiger partial charge in [-0.3, -0.25) is 14.9 Å². The largest absolute Gasteiger partial charge is 0.366 e. The number of carbonyl (C=O) groups is 1. The number of aryl methyl sites for hydroxylation is 1. The van der Waals surface area contributed by atoms with Crippen molar-refractivity contribution in [1.82, 2.24) is 20.1 Å². The molecule has 2 aromatic heterocycles. The van der Waals surface area contributed by atoms with Crippen molar-refractivity contribution in [2.75, 3.05) is 24.5 Å². The summed E-state index contributed by atoms with van der Waals surface area (Å²) in [5, 5.41) is 18.2. The summed E-state index contributed by atoms with van der Waals surface area (Å²) in [4.78, 5) is 20.4. The number of piperazine rings is 1. The van der Waals surface area contributed by atoms with Crippen LogP contribution in [0.25, 0.3) is 32.9 Å². The van der Waals surface area contributed by atoms with Crippen LogP contribution in [0.5, 0.6) is 0 Å². The van der Waals surface area contributed by atoms with Gasteiger partial charge in [0, 0.05) is 53.8 Å². The Labute approximate surface area is 206 Å². The minimum Gasteiger partial charge on any atom is -0.366 e. The molecule has 1 saturated heterocycles. The number of amides is 1. The van der Waals surface area contributed by atoms with Crippen molar-refractivity contribution < 1.29 is 9.18 Å². The van der Waals surface area contributed by atoms with Crippen LogP contribution in [-0.2, 0) is 4.79 Å². The van der Waals surface area contributed by atoms with E-state index < -0.39 is 5.82 Å². The molecule has 0 bridgehead atoms. The lowest BCUT2D eigenvalue weighted by atomic mass is 9.94. The van der Waals surface area contributed by atoms with Crippen molar-refractivity contribution in [2.45, 2.75) is 19.9 Å². The van der Waals surface area contributed by atoms with Crippen molar-refractivity contribution in [2.24, 2.45) is 0 Å². The summed E-state index contributed by atoms with van der Waals surface area (Å²) in [7, 11) is 0. The van der Waals surface area contributed by atoms with E-state index in [0.717, 1.165) is 16.5 Å². The first-order valence-corrected chi connectivity index (χ1v) is 11.5. The SMILES string of the molecule is C=CC(=O)N1CCN(c2c(C#N)cnc3c(Cl)c(-c4c(C)ccc5[nH]ncc45)c(F)cc23)CC1C. The van der Waals surface area contributed by atoms with Crippen LogP contribution in [0.15, 0.2) is 43.2 Å². The monoisotopic (exact) mass is 488 g/mol. The van der Waals surface area contributed by atoms with Crippen molar-refractivity contribution in [3.8, 4) is 17.2 Å². The molecule has 3 heterocycles. The van der Waals surface area contributed by atoms with Gasteiger partial charge in [0.05, 0.1) is 33.5 Å². The zero-order chi connectivity index (χ0) is 24.9. The van der Waals surface area contributed by atoms with Gasteiger partial charge in [0.2, 0.25) is 5.91 Å². The lowest BCUT2D eigenvalue weighted by Crippen LogP contribution is -2.53. The Morgan fingerprint density at radius 2 is 2.11 bits per heavy atom. The van der Waals surface area contributed by atoms with Crippen LogP contribution in [0.4, 0.5) is 10.1 Å². The highest BCUT2D eigenvalue weighted by molar-refractivity contribution is 6.38. The number of hydrogen-bond donors (Lipinski definition) is 1. The molecule has 1 N–H and O–H groups in total. The van der Waals surface area contributed by atoms with Gasteiger partial charge in [-0.1, -0.05) is 24.2 Å². The minimum atomic E-state index is -0.508. The fourth-order valence-corrected chi connectivity index (χ4v) is 5.30. The molecule has 0 radical (unpaired) electrons. The second-order valence-corrected chi connectivity index (χ2v) is 9.07. The smallest absolute Gasteiger partial charge is 0.246 e. The number of carbonyl (C=O) groups excluding carboxylic acids is 1. The second-order valence-electron chi connectivity index (χ2n) is 8.70. The normalized spacial score (nSPS) is 16.0. The van der Waals surface area contributed by atoms with E-state index in [2.05, 4.69) is 27.8 Å². The number of nitrogens with one attached hydrogen (secondary N) is 1. The van der Waals surface area contributed by atoms with E-state index in [4.69, 9.17) is 11.6 Å². The molecule has 1 aliphatic heterocycles. The van der Waals surface area contributed by atoms with Crippen molar-refractivity contribution in [3.05, 3.63) is 65.2 Å². The summed E-state index contributed by atoms with van der Waals surface area (Å²) >= 11 is 6.84. The summed E-state index contributed by atoms with van der Waals surface area (Å²) < 4.78 is 15.8. The van der Waals surface area contributed by atoms with E-state index in [1.165, 1.54) is 18.3 Å². The number of hydrogen-bond acceptors (Lipinski definition) is 5. The molecule has 4 aromatic rings. The molecule has 1 atom stereocenters. The Morgan fingerprint density at radius 1 is 1.31 bits per heavy atom. The third-order valence-electron chi connectivity index (χ3n) is 6.63. The van der Waals surface area contributed by atoms with Crippen LogP contribution >= 0.6 is 11.6 Å². The first-order chi connectivity index (χ1) is 16.8. The minimum absolute atomic E-state index is 0.120. The molecule has 1 aliphatic rings. The van der Waals surface area contributed by atoms with E-state index in [-0.39, 0.29) is 22.5 Å². The number of halogens is 2. The lowest BCUT2D eigenvalue weighted by molar-refractivity contribution is -0.128. The van der Waals surface area contributed by atoms with Gasteiger partial charge in [-0.2, -0.15) is 10.4 Å². The van der Waals surface area contributed by atoms with Crippen LogP contribution < -0.4 is 4.90 Å². The van der Waals surface area contributed by atoms with Crippen LogP contribution in [0.3, 0.4) is 0 Å². The molecule has 2 aromatic carbocycles. The maximum atomic E-state index is 15.8. The standard InChI is InChI=1S/C26H22ClFN6O/c1-4-21(35)34-8-7-33(13-15(34)3)26-16(10-29)11-30-25-17(26)9-19(28)23(24(25)27)22-14(2)5-6-20-18(22)12-31-32-20/h4-6,9,11-12,15H,1,7-8,13H2,2-3H3,(H,31,32). The number of H-pyrrole nitrogens is 1. The molecule has 176 valence electrons. The van der Waals surface area contributed by atoms with E-state index in [1.54, 1.807) is 11.1 Å². The van der Waals surface area contributed by atoms with Gasteiger partial charge in [0.15, 0.2) is 0 Å². The third-order valence-corrected chi connectivity index (χ3v) is 7.00. The van der Waals surface area contributed by atoms with Crippen molar-refractivity contribution in [1.29, 1.82) is 5.26 Å². The Morgan fingerprint density at radius 3 is 2.83 bits per heavy atom. The lowest BCUT2D eigenvalue weighted by Gasteiger charge is -2.41. The second kappa shape index (κ2) is 8.67. The van der Waals surface area contributed by atoms with Crippen LogP contribution in [0, 0.1) is 24.1 Å². The summed E-state index contributed by atoms with van der Waals surface area (Å²) in [5.41, 5.74) is 3.83. The summed E-state index contributed by atoms with van der Waals surface area (Å²) in [6.07, 6.45) is 4.43. The number of aromatic amines is 1. The van der Waals surface area contributed by atoms with Gasteiger partial charge in [-0.05, 0) is 37.6 Å². The fraction of sp³-hybridized carbons (Fsp3) is 0.231. The number of nitriles is 1. The molecule has 1 fully saturated rings. The molecule has 9 heteroatoms. The maximum Gasteiger partial charge on any atom is 0.246 e. The average molecular weight is 489 g/mol. The summed E-state index contributed by atoms with van der Waals surface area (Å²) in [6, 6.07) is 7.25. The van der Waals surface area contributed by atoms with Crippen LogP contribution in [-0.4, -0.2) is 51.7 Å². The molecule has 7 nitrogen and oxygen atoms in total. The van der Waals surface area contributed by atoms with Gasteiger partial charge in [-0.15, -0.1) is 0 Å². The van der Waals surface area contributed by atoms with E-state index in [9.17, 15) is 10.1 Å². The Hall–Kier alpha value is -3.96. The Kier molecular flexibility index (Phi) is 5.65. The van der Waals surface area contributed by atoms with Gasteiger partial charge < -0.3 is 9.80 Å². The number of fused-ring (bicyclic) bond motifs is 2. The van der Waals surface area contributed by atoms with Crippen LogP contribution in [0.1, 0.15) is 18.1 Å². The number of anilines is 1. The highest BCUT2D eigenvalue weighted by Crippen LogP contribution is 2.43. The Balaban J connectivity index is 1.70. The molecule has 1 unspecified atom stereocenters. The predicted octanol–water partition coefficient (Wildman–Crippen LogP) is 4.97. The Bertz CT molecular complexity index is 1560. The third kappa shape index (κ3) is 3.60. The molecular formula is C26H22ClFN6O. The zero-order valence-corrected chi connectivity index (χ0v) is 20.0. The summed E-state index contributed by atoms with van der Waals surface area (Å²) in [6.45, 7) is 8.81. The maximum absolute atomic E-state index is 15.8. The quantitative estimate of drug-likeness (QED) is 0.411. The number of pyridine rings is 1. The fourth-order valence-electron chi connectivity index (χ4n) is 4.97. The van der Waals surface area contributed by atoms with E-state index in [0.29, 0.717) is 47.4 Å². The van der Waals surface area contributed by atoms with Crippen molar-refractivity contribution >= 4 is 45.0 Å². The molecular weight excluding hydrogens is 467 g/mol. The van der Waals surface area contributed by atoms with Gasteiger partial charge in [0.1, 0.15) is 11.9 Å². The first-order valence-electron chi connectivity index (χ1n) is 11.2. The molecule has 5 rings (SSSR count). The molecule has 1 amide bonds. The van der Waals surface area contributed by atoms with Crippen LogP contribution in [0.2, 0.25) is 5.02 Å². The topological polar surface area (TPSA) is 88.9 Å². The highest BCUT2D eigenvalue weighted by atomic mass is 35.5. The zero-order valence-electron chi connectivity index (χ0n) is 19.3. The number of rotatable bonds is 3. The van der Waals surface area contributed by atoms with Crippen molar-refractivity contribution in [3.63, 3.8) is 0 Å². The number of benzene rings is 2. The first kappa shape index (κ1) is 22.8. The molecule has 0 spiro atoms. The molecule has 0 saturated carbocycles. The number of nitrogens with zero attached hydrogens (tertiary/aromatic N) is 5. The molecule has 35 heavy (non-hydrogen) atoms. The highest BCUT2D eigenvalue weighted by Gasteiger charge is 2.30. The van der Waals surface area contributed by atoms with Gasteiger partial charge in [0.25, 0.3) is 0 Å². The predicted molar refractivity (Wildman–Crippen MR) is 135 cm³/mol. The van der Waals surface area contributed by atoms with E-state index in [1.807, 2.05) is 30.9 Å². The van der Waals surface area contributed by atoms with Gasteiger partial charge in [-0.25, -0.2) is 4.39 Å². The van der Waals surface area contributed by atoms with Gasteiger partial charge >= 0.3 is 0 Å². The summed E-state index contributed by atoms with van der Waals surface area (Å²) in [5.74, 6) is -0.647. The average Bonchev–Trinajstić information content (AvgIpc) is 3.33. The molecule has 0 aliphatic carbocycles. The number of aromatic nitrogens is 3.